The highest BCUT2D eigenvalue weighted by Gasteiger charge is 2.17. The third kappa shape index (κ3) is 3.78. The summed E-state index contributed by atoms with van der Waals surface area (Å²) in [6.45, 7) is 1.33. The molecular formula is C11H10ClN3O5S. The molecule has 112 valence electrons. The average molecular weight is 332 g/mol. The zero-order valence-electron chi connectivity index (χ0n) is 10.7. The SMILES string of the molecule is Cc1nnc(COC(=O)c2cc(S(N)(=O)=O)ccc2Cl)o1. The summed E-state index contributed by atoms with van der Waals surface area (Å²) in [4.78, 5) is 11.6. The van der Waals surface area contributed by atoms with Crippen molar-refractivity contribution in [2.24, 2.45) is 5.14 Å². The summed E-state index contributed by atoms with van der Waals surface area (Å²) < 4.78 is 32.5. The first-order valence-electron chi connectivity index (χ1n) is 5.56. The molecule has 0 saturated heterocycles. The molecule has 0 atom stereocenters. The third-order valence-corrected chi connectivity index (χ3v) is 3.62. The zero-order chi connectivity index (χ0) is 15.6. The van der Waals surface area contributed by atoms with Gasteiger partial charge < -0.3 is 9.15 Å². The lowest BCUT2D eigenvalue weighted by Gasteiger charge is -2.06. The van der Waals surface area contributed by atoms with Crippen LogP contribution in [0.2, 0.25) is 5.02 Å². The van der Waals surface area contributed by atoms with Gasteiger partial charge in [0.25, 0.3) is 5.89 Å². The molecule has 0 fully saturated rings. The van der Waals surface area contributed by atoms with Crippen molar-refractivity contribution in [2.75, 3.05) is 0 Å². The lowest BCUT2D eigenvalue weighted by Crippen LogP contribution is -2.14. The number of carbonyl (C=O) groups excluding carboxylic acids is 1. The summed E-state index contributed by atoms with van der Waals surface area (Å²) in [5.41, 5.74) is -0.126. The number of aryl methyl sites for hydroxylation is 1. The van der Waals surface area contributed by atoms with E-state index in [9.17, 15) is 13.2 Å². The van der Waals surface area contributed by atoms with E-state index in [2.05, 4.69) is 10.2 Å². The minimum absolute atomic E-state index is 0.0362. The number of sulfonamides is 1. The first-order valence-corrected chi connectivity index (χ1v) is 7.48. The largest absolute Gasteiger partial charge is 0.452 e. The number of primary sulfonamides is 1. The summed E-state index contributed by atoms with van der Waals surface area (Å²) in [5, 5.41) is 12.2. The van der Waals surface area contributed by atoms with Gasteiger partial charge in [-0.3, -0.25) is 0 Å². The van der Waals surface area contributed by atoms with Crippen LogP contribution in [0, 0.1) is 6.92 Å². The number of hydrogen-bond acceptors (Lipinski definition) is 7. The maximum Gasteiger partial charge on any atom is 0.340 e. The Bertz CT molecular complexity index is 787. The first-order chi connectivity index (χ1) is 9.77. The Morgan fingerprint density at radius 2 is 2.14 bits per heavy atom. The molecule has 21 heavy (non-hydrogen) atoms. The van der Waals surface area contributed by atoms with Crippen molar-refractivity contribution >= 4 is 27.6 Å². The number of benzene rings is 1. The molecule has 8 nitrogen and oxygen atoms in total. The quantitative estimate of drug-likeness (QED) is 0.829. The van der Waals surface area contributed by atoms with Crippen LogP contribution in [0.3, 0.4) is 0 Å². The van der Waals surface area contributed by atoms with E-state index in [1.807, 2.05) is 0 Å². The van der Waals surface area contributed by atoms with Crippen LogP contribution in [0.4, 0.5) is 0 Å². The fourth-order valence-corrected chi connectivity index (χ4v) is 2.17. The van der Waals surface area contributed by atoms with Gasteiger partial charge in [-0.1, -0.05) is 11.6 Å². The topological polar surface area (TPSA) is 125 Å². The van der Waals surface area contributed by atoms with Gasteiger partial charge in [0.05, 0.1) is 15.5 Å². The fourth-order valence-electron chi connectivity index (χ4n) is 1.44. The summed E-state index contributed by atoms with van der Waals surface area (Å²) in [5.74, 6) is -0.392. The average Bonchev–Trinajstić information content (AvgIpc) is 2.81. The number of hydrogen-bond donors (Lipinski definition) is 1. The van der Waals surface area contributed by atoms with Gasteiger partial charge in [0, 0.05) is 6.92 Å². The number of esters is 1. The number of nitrogens with zero attached hydrogens (tertiary/aromatic N) is 2. The molecule has 0 saturated carbocycles. The van der Waals surface area contributed by atoms with Crippen LogP contribution in [0.15, 0.2) is 27.5 Å². The number of aromatic nitrogens is 2. The molecule has 0 aliphatic carbocycles. The lowest BCUT2D eigenvalue weighted by molar-refractivity contribution is 0.0436. The van der Waals surface area contributed by atoms with Crippen molar-refractivity contribution in [2.45, 2.75) is 18.4 Å². The Morgan fingerprint density at radius 1 is 1.43 bits per heavy atom. The van der Waals surface area contributed by atoms with Gasteiger partial charge in [-0.05, 0) is 18.2 Å². The van der Waals surface area contributed by atoms with Gasteiger partial charge >= 0.3 is 5.97 Å². The van der Waals surface area contributed by atoms with Gasteiger partial charge in [0.1, 0.15) is 0 Å². The molecule has 2 rings (SSSR count). The minimum Gasteiger partial charge on any atom is -0.452 e. The summed E-state index contributed by atoms with van der Waals surface area (Å²) in [6.07, 6.45) is 0. The zero-order valence-corrected chi connectivity index (χ0v) is 12.3. The fraction of sp³-hybridized carbons (Fsp3) is 0.182. The number of carbonyl (C=O) groups is 1. The van der Waals surface area contributed by atoms with Crippen molar-refractivity contribution < 1.29 is 22.4 Å². The monoisotopic (exact) mass is 331 g/mol. The maximum atomic E-state index is 11.9. The number of nitrogens with two attached hydrogens (primary N) is 1. The summed E-state index contributed by atoms with van der Waals surface area (Å²) in [7, 11) is -3.95. The van der Waals surface area contributed by atoms with Crippen LogP contribution >= 0.6 is 11.6 Å². The van der Waals surface area contributed by atoms with Crippen LogP contribution in [0.25, 0.3) is 0 Å². The molecule has 1 aromatic heterocycles. The van der Waals surface area contributed by atoms with E-state index in [1.54, 1.807) is 6.92 Å². The molecule has 0 spiro atoms. The Hall–Kier alpha value is -1.97. The standard InChI is InChI=1S/C11H10ClN3O5S/c1-6-14-15-10(20-6)5-19-11(16)8-4-7(21(13,17)18)2-3-9(8)12/h2-4H,5H2,1H3,(H2,13,17,18). The van der Waals surface area contributed by atoms with Crippen molar-refractivity contribution in [1.29, 1.82) is 0 Å². The van der Waals surface area contributed by atoms with Crippen LogP contribution < -0.4 is 5.14 Å². The van der Waals surface area contributed by atoms with Crippen molar-refractivity contribution in [1.82, 2.24) is 10.2 Å². The molecule has 0 amide bonds. The van der Waals surface area contributed by atoms with E-state index >= 15 is 0 Å². The Labute approximate surface area is 124 Å². The van der Waals surface area contributed by atoms with Crippen LogP contribution in [0.5, 0.6) is 0 Å². The highest BCUT2D eigenvalue weighted by atomic mass is 35.5. The number of rotatable bonds is 4. The normalized spacial score (nSPS) is 11.4. The van der Waals surface area contributed by atoms with E-state index in [0.29, 0.717) is 5.89 Å². The Kier molecular flexibility index (Phi) is 4.26. The highest BCUT2D eigenvalue weighted by Crippen LogP contribution is 2.21. The van der Waals surface area contributed by atoms with Crippen LogP contribution in [0.1, 0.15) is 22.1 Å². The van der Waals surface area contributed by atoms with E-state index in [1.165, 1.54) is 12.1 Å². The predicted molar refractivity (Wildman–Crippen MR) is 71.0 cm³/mol. The maximum absolute atomic E-state index is 11.9. The number of halogens is 1. The van der Waals surface area contributed by atoms with E-state index in [4.69, 9.17) is 25.9 Å². The Balaban J connectivity index is 2.18. The molecule has 0 aliphatic rings. The molecule has 0 bridgehead atoms. The van der Waals surface area contributed by atoms with Crippen LogP contribution in [-0.2, 0) is 21.4 Å². The van der Waals surface area contributed by atoms with E-state index < -0.39 is 16.0 Å². The van der Waals surface area contributed by atoms with E-state index in [-0.39, 0.29) is 28.0 Å². The predicted octanol–water partition coefficient (Wildman–Crippen LogP) is 1.04. The summed E-state index contributed by atoms with van der Waals surface area (Å²) in [6, 6.07) is 3.48. The van der Waals surface area contributed by atoms with Gasteiger partial charge in [-0.2, -0.15) is 0 Å². The third-order valence-electron chi connectivity index (χ3n) is 2.38. The molecule has 2 N–H and O–H groups in total. The van der Waals surface area contributed by atoms with E-state index in [0.717, 1.165) is 6.07 Å². The van der Waals surface area contributed by atoms with Gasteiger partial charge in [-0.15, -0.1) is 10.2 Å². The second-order valence-electron chi connectivity index (χ2n) is 3.98. The van der Waals surface area contributed by atoms with Crippen molar-refractivity contribution in [3.05, 3.63) is 40.6 Å². The molecular weight excluding hydrogens is 322 g/mol. The van der Waals surface area contributed by atoms with Gasteiger partial charge in [-0.25, -0.2) is 18.4 Å². The second kappa shape index (κ2) is 5.80. The van der Waals surface area contributed by atoms with Crippen molar-refractivity contribution in [3.63, 3.8) is 0 Å². The molecule has 1 heterocycles. The smallest absolute Gasteiger partial charge is 0.340 e. The highest BCUT2D eigenvalue weighted by molar-refractivity contribution is 7.89. The molecule has 0 aliphatic heterocycles. The second-order valence-corrected chi connectivity index (χ2v) is 5.95. The van der Waals surface area contributed by atoms with Gasteiger partial charge in [0.15, 0.2) is 6.61 Å². The summed E-state index contributed by atoms with van der Waals surface area (Å²) >= 11 is 5.84. The van der Waals surface area contributed by atoms with Crippen molar-refractivity contribution in [3.8, 4) is 0 Å². The minimum atomic E-state index is -3.95. The Morgan fingerprint density at radius 3 is 2.71 bits per heavy atom. The molecule has 0 radical (unpaired) electrons. The van der Waals surface area contributed by atoms with Crippen LogP contribution in [-0.4, -0.2) is 24.6 Å². The lowest BCUT2D eigenvalue weighted by atomic mass is 10.2. The molecule has 0 unspecified atom stereocenters. The van der Waals surface area contributed by atoms with Gasteiger partial charge in [0.2, 0.25) is 15.9 Å². The number of ether oxygens (including phenoxy) is 1. The first kappa shape index (κ1) is 15.4. The molecule has 1 aromatic carbocycles. The molecule has 2 aromatic rings. The molecule has 10 heteroatoms.